The molecule has 3 rings (SSSR count). The average Bonchev–Trinajstić information content (AvgIpc) is 3.11. The Morgan fingerprint density at radius 3 is 2.56 bits per heavy atom. The maximum absolute atomic E-state index is 13.8. The van der Waals surface area contributed by atoms with E-state index in [1.807, 2.05) is 16.8 Å². The highest BCUT2D eigenvalue weighted by Crippen LogP contribution is 2.24. The number of nitrogens with zero attached hydrogens (tertiary/aromatic N) is 2. The first-order valence-corrected chi connectivity index (χ1v) is 10.6. The molecule has 1 saturated heterocycles. The van der Waals surface area contributed by atoms with Crippen LogP contribution in [0, 0.1) is 5.82 Å². The van der Waals surface area contributed by atoms with Crippen LogP contribution in [-0.4, -0.2) is 58.0 Å². The van der Waals surface area contributed by atoms with Crippen molar-refractivity contribution in [1.82, 2.24) is 14.5 Å². The number of likely N-dealkylation sites (N-methyl/N-ethyl adjacent to an activating group) is 1. The topological polar surface area (TPSA) is 52.6 Å². The van der Waals surface area contributed by atoms with E-state index >= 15 is 0 Å². The van der Waals surface area contributed by atoms with Crippen LogP contribution in [0.4, 0.5) is 4.39 Å². The molecule has 1 atom stereocenters. The van der Waals surface area contributed by atoms with E-state index in [4.69, 9.17) is 0 Å². The zero-order valence-electron chi connectivity index (χ0n) is 14.1. The molecule has 1 aliphatic heterocycles. The number of sulfonamides is 1. The van der Waals surface area contributed by atoms with Gasteiger partial charge in [0.05, 0.1) is 0 Å². The molecule has 1 fully saturated rings. The third-order valence-electron chi connectivity index (χ3n) is 4.50. The Bertz CT molecular complexity index is 788. The summed E-state index contributed by atoms with van der Waals surface area (Å²) in [6, 6.07) is 7.41. The molecule has 0 radical (unpaired) electrons. The summed E-state index contributed by atoms with van der Waals surface area (Å²) < 4.78 is 41.4. The van der Waals surface area contributed by atoms with Crippen LogP contribution in [0.15, 0.2) is 46.0 Å². The van der Waals surface area contributed by atoms with Crippen molar-refractivity contribution < 1.29 is 12.8 Å². The molecular formula is C17H22FN3O2S2. The molecule has 1 aromatic heterocycles. The molecule has 0 aliphatic carbocycles. The lowest BCUT2D eigenvalue weighted by Gasteiger charge is -2.37. The van der Waals surface area contributed by atoms with Crippen LogP contribution in [0.5, 0.6) is 0 Å². The average molecular weight is 384 g/mol. The highest BCUT2D eigenvalue weighted by molar-refractivity contribution is 7.89. The van der Waals surface area contributed by atoms with Gasteiger partial charge in [0.15, 0.2) is 0 Å². The van der Waals surface area contributed by atoms with Crippen molar-refractivity contribution >= 4 is 21.4 Å². The van der Waals surface area contributed by atoms with Crippen molar-refractivity contribution in [2.45, 2.75) is 10.9 Å². The minimum Gasteiger partial charge on any atom is -0.304 e. The predicted molar refractivity (Wildman–Crippen MR) is 97.7 cm³/mol. The quantitative estimate of drug-likeness (QED) is 0.831. The molecule has 136 valence electrons. The van der Waals surface area contributed by atoms with Crippen LogP contribution in [0.2, 0.25) is 0 Å². The predicted octanol–water partition coefficient (Wildman–Crippen LogP) is 2.15. The molecule has 8 heteroatoms. The molecule has 1 aromatic carbocycles. The third-order valence-corrected chi connectivity index (χ3v) is 6.66. The highest BCUT2D eigenvalue weighted by atomic mass is 32.2. The smallest absolute Gasteiger partial charge is 0.243 e. The number of halogens is 1. The van der Waals surface area contributed by atoms with Crippen LogP contribution >= 0.6 is 11.3 Å². The monoisotopic (exact) mass is 383 g/mol. The standard InChI is InChI=1S/C17H22FN3O2S2/c1-20-7-9-21(10-8-20)16(14-6-11-24-13-14)12-19-25(22,23)17-5-3-2-4-15(17)18/h2-6,11,13,16,19H,7-10,12H2,1H3/t16-/m0/s1. The van der Waals surface area contributed by atoms with Gasteiger partial charge in [-0.1, -0.05) is 12.1 Å². The van der Waals surface area contributed by atoms with Crippen LogP contribution < -0.4 is 4.72 Å². The number of benzene rings is 1. The van der Waals surface area contributed by atoms with Gasteiger partial charge in [0.2, 0.25) is 10.0 Å². The Labute approximate surface area is 152 Å². The Morgan fingerprint density at radius 2 is 1.92 bits per heavy atom. The fourth-order valence-corrected chi connectivity index (χ4v) is 4.81. The van der Waals surface area contributed by atoms with Gasteiger partial charge in [-0.15, -0.1) is 0 Å². The lowest BCUT2D eigenvalue weighted by molar-refractivity contribution is 0.113. The fourth-order valence-electron chi connectivity index (χ4n) is 2.99. The minimum atomic E-state index is -3.89. The molecule has 5 nitrogen and oxygen atoms in total. The minimum absolute atomic E-state index is 0.0542. The first-order chi connectivity index (χ1) is 12.0. The second-order valence-corrected chi connectivity index (χ2v) is 8.71. The summed E-state index contributed by atoms with van der Waals surface area (Å²) in [4.78, 5) is 4.23. The van der Waals surface area contributed by atoms with Gasteiger partial charge < -0.3 is 4.90 Å². The van der Waals surface area contributed by atoms with E-state index < -0.39 is 15.8 Å². The van der Waals surface area contributed by atoms with Crippen molar-refractivity contribution in [3.8, 4) is 0 Å². The van der Waals surface area contributed by atoms with Gasteiger partial charge in [-0.05, 0) is 41.6 Å². The summed E-state index contributed by atoms with van der Waals surface area (Å²) >= 11 is 1.59. The Kier molecular flexibility index (Phi) is 5.85. The van der Waals surface area contributed by atoms with Gasteiger partial charge in [-0.3, -0.25) is 4.90 Å². The zero-order valence-corrected chi connectivity index (χ0v) is 15.7. The van der Waals surface area contributed by atoms with Crippen LogP contribution in [0.3, 0.4) is 0 Å². The van der Waals surface area contributed by atoms with Gasteiger partial charge in [0.1, 0.15) is 10.7 Å². The number of nitrogens with one attached hydrogen (secondary N) is 1. The van der Waals surface area contributed by atoms with Crippen molar-refractivity contribution in [3.05, 3.63) is 52.5 Å². The molecular weight excluding hydrogens is 361 g/mol. The summed E-state index contributed by atoms with van der Waals surface area (Å²) in [6.45, 7) is 3.86. The van der Waals surface area contributed by atoms with Crippen LogP contribution in [0.25, 0.3) is 0 Å². The van der Waals surface area contributed by atoms with Gasteiger partial charge >= 0.3 is 0 Å². The number of rotatable bonds is 6. The second kappa shape index (κ2) is 7.92. The van der Waals surface area contributed by atoms with Crippen molar-refractivity contribution in [2.75, 3.05) is 39.8 Å². The summed E-state index contributed by atoms with van der Waals surface area (Å²) in [7, 11) is -1.80. The number of thiophene rings is 1. The molecule has 0 unspecified atom stereocenters. The van der Waals surface area contributed by atoms with E-state index in [0.717, 1.165) is 37.8 Å². The lowest BCUT2D eigenvalue weighted by Crippen LogP contribution is -2.48. The summed E-state index contributed by atoms with van der Waals surface area (Å²) in [6.07, 6.45) is 0. The summed E-state index contributed by atoms with van der Waals surface area (Å²) in [5.41, 5.74) is 1.09. The van der Waals surface area contributed by atoms with Gasteiger partial charge in [-0.2, -0.15) is 11.3 Å². The normalized spacial score (nSPS) is 18.3. The van der Waals surface area contributed by atoms with E-state index in [2.05, 4.69) is 21.6 Å². The van der Waals surface area contributed by atoms with Gasteiger partial charge in [0, 0.05) is 38.8 Å². The maximum Gasteiger partial charge on any atom is 0.243 e. The van der Waals surface area contributed by atoms with E-state index in [1.54, 1.807) is 11.3 Å². The van der Waals surface area contributed by atoms with Crippen molar-refractivity contribution in [3.63, 3.8) is 0 Å². The number of piperazine rings is 1. The third kappa shape index (κ3) is 4.45. The Balaban J connectivity index is 1.76. The fraction of sp³-hybridized carbons (Fsp3) is 0.412. The number of hydrogen-bond acceptors (Lipinski definition) is 5. The summed E-state index contributed by atoms with van der Waals surface area (Å²) in [5.74, 6) is -0.735. The molecule has 0 spiro atoms. The SMILES string of the molecule is CN1CCN([C@@H](CNS(=O)(=O)c2ccccc2F)c2ccsc2)CC1. The molecule has 1 aliphatic rings. The van der Waals surface area contributed by atoms with Gasteiger partial charge in [-0.25, -0.2) is 17.5 Å². The van der Waals surface area contributed by atoms with Crippen LogP contribution in [-0.2, 0) is 10.0 Å². The molecule has 2 heterocycles. The van der Waals surface area contributed by atoms with E-state index in [0.29, 0.717) is 0 Å². The van der Waals surface area contributed by atoms with Crippen molar-refractivity contribution in [2.24, 2.45) is 0 Å². The summed E-state index contributed by atoms with van der Waals surface area (Å²) in [5, 5.41) is 4.03. The first kappa shape index (κ1) is 18.5. The molecule has 0 saturated carbocycles. The lowest BCUT2D eigenvalue weighted by atomic mass is 10.1. The number of hydrogen-bond donors (Lipinski definition) is 1. The molecule has 0 amide bonds. The highest BCUT2D eigenvalue weighted by Gasteiger charge is 2.27. The van der Waals surface area contributed by atoms with E-state index in [-0.39, 0.29) is 17.5 Å². The molecule has 2 aromatic rings. The first-order valence-electron chi connectivity index (χ1n) is 8.16. The van der Waals surface area contributed by atoms with Crippen molar-refractivity contribution in [1.29, 1.82) is 0 Å². The Morgan fingerprint density at radius 1 is 1.20 bits per heavy atom. The largest absolute Gasteiger partial charge is 0.304 e. The van der Waals surface area contributed by atoms with Gasteiger partial charge in [0.25, 0.3) is 0 Å². The van der Waals surface area contributed by atoms with E-state index in [9.17, 15) is 12.8 Å². The zero-order chi connectivity index (χ0) is 17.9. The van der Waals surface area contributed by atoms with E-state index in [1.165, 1.54) is 18.2 Å². The molecule has 1 N–H and O–H groups in total. The van der Waals surface area contributed by atoms with Crippen LogP contribution in [0.1, 0.15) is 11.6 Å². The molecule has 0 bridgehead atoms. The Hall–Kier alpha value is -1.32. The second-order valence-electron chi connectivity index (χ2n) is 6.19. The molecule has 25 heavy (non-hydrogen) atoms. The maximum atomic E-state index is 13.8.